The van der Waals surface area contributed by atoms with E-state index in [4.69, 9.17) is 5.11 Å². The molecule has 116 valence electrons. The molecular formula is C18H15NO4. The van der Waals surface area contributed by atoms with Crippen LogP contribution in [0.15, 0.2) is 48.5 Å². The van der Waals surface area contributed by atoms with Gasteiger partial charge in [-0.15, -0.1) is 0 Å². The van der Waals surface area contributed by atoms with Crippen LogP contribution in [-0.2, 0) is 17.6 Å². The highest BCUT2D eigenvalue weighted by atomic mass is 16.4. The minimum atomic E-state index is -0.904. The number of amides is 2. The minimum Gasteiger partial charge on any atom is -0.481 e. The van der Waals surface area contributed by atoms with Gasteiger partial charge in [0.25, 0.3) is 11.8 Å². The van der Waals surface area contributed by atoms with Crippen molar-refractivity contribution in [1.82, 2.24) is 4.90 Å². The van der Waals surface area contributed by atoms with Crippen LogP contribution in [0, 0.1) is 0 Å². The number of benzene rings is 2. The first-order chi connectivity index (χ1) is 11.1. The van der Waals surface area contributed by atoms with Gasteiger partial charge in [-0.1, -0.05) is 36.4 Å². The van der Waals surface area contributed by atoms with Gasteiger partial charge in [-0.3, -0.25) is 19.3 Å². The van der Waals surface area contributed by atoms with Gasteiger partial charge in [0.2, 0.25) is 0 Å². The highest BCUT2D eigenvalue weighted by molar-refractivity contribution is 6.21. The molecule has 0 saturated heterocycles. The van der Waals surface area contributed by atoms with Crippen LogP contribution in [0.5, 0.6) is 0 Å². The Morgan fingerprint density at radius 3 is 1.96 bits per heavy atom. The average Bonchev–Trinajstić information content (AvgIpc) is 2.78. The molecule has 0 atom stereocenters. The molecule has 1 heterocycles. The number of carbonyl (C=O) groups is 3. The zero-order valence-corrected chi connectivity index (χ0v) is 12.4. The van der Waals surface area contributed by atoms with Crippen molar-refractivity contribution >= 4 is 17.8 Å². The molecule has 0 radical (unpaired) electrons. The topological polar surface area (TPSA) is 74.7 Å². The van der Waals surface area contributed by atoms with Crippen molar-refractivity contribution in [3.63, 3.8) is 0 Å². The van der Waals surface area contributed by atoms with Gasteiger partial charge < -0.3 is 5.11 Å². The summed E-state index contributed by atoms with van der Waals surface area (Å²) >= 11 is 0. The maximum atomic E-state index is 12.3. The summed E-state index contributed by atoms with van der Waals surface area (Å²) in [6.45, 7) is 0.239. The zero-order chi connectivity index (χ0) is 16.4. The van der Waals surface area contributed by atoms with E-state index in [2.05, 4.69) is 0 Å². The Labute approximate surface area is 133 Å². The van der Waals surface area contributed by atoms with Crippen LogP contribution >= 0.6 is 0 Å². The summed E-state index contributed by atoms with van der Waals surface area (Å²) < 4.78 is 0. The number of carbonyl (C=O) groups excluding carboxylic acids is 2. The maximum absolute atomic E-state index is 12.3. The Morgan fingerprint density at radius 2 is 1.39 bits per heavy atom. The largest absolute Gasteiger partial charge is 0.481 e. The highest BCUT2D eigenvalue weighted by Crippen LogP contribution is 2.23. The lowest BCUT2D eigenvalue weighted by Crippen LogP contribution is -2.32. The van der Waals surface area contributed by atoms with E-state index in [1.54, 1.807) is 36.4 Å². The third-order valence-corrected chi connectivity index (χ3v) is 3.94. The van der Waals surface area contributed by atoms with Gasteiger partial charge in [-0.2, -0.15) is 0 Å². The molecule has 2 aromatic carbocycles. The van der Waals surface area contributed by atoms with Crippen LogP contribution in [0.2, 0.25) is 0 Å². The number of hydrogen-bond acceptors (Lipinski definition) is 3. The molecule has 0 aliphatic carbocycles. The van der Waals surface area contributed by atoms with Gasteiger partial charge in [-0.05, 0) is 29.7 Å². The predicted octanol–water partition coefficient (Wildman–Crippen LogP) is 2.15. The van der Waals surface area contributed by atoms with Crippen molar-refractivity contribution in [2.75, 3.05) is 6.54 Å². The molecule has 0 aromatic heterocycles. The Morgan fingerprint density at radius 1 is 0.870 bits per heavy atom. The van der Waals surface area contributed by atoms with Crippen LogP contribution in [0.1, 0.15) is 31.8 Å². The molecule has 1 N–H and O–H groups in total. The molecular weight excluding hydrogens is 294 g/mol. The fraction of sp³-hybridized carbons (Fsp3) is 0.167. The van der Waals surface area contributed by atoms with E-state index >= 15 is 0 Å². The van der Waals surface area contributed by atoms with E-state index in [1.807, 2.05) is 12.1 Å². The number of fused-ring (bicyclic) bond motifs is 1. The van der Waals surface area contributed by atoms with E-state index in [-0.39, 0.29) is 24.8 Å². The van der Waals surface area contributed by atoms with Crippen LogP contribution in [0.4, 0.5) is 0 Å². The summed E-state index contributed by atoms with van der Waals surface area (Å²) in [6.07, 6.45) is 0.368. The zero-order valence-electron chi connectivity index (χ0n) is 12.4. The molecule has 1 aliphatic heterocycles. The normalized spacial score (nSPS) is 13.3. The van der Waals surface area contributed by atoms with Gasteiger partial charge in [0.05, 0.1) is 17.5 Å². The molecule has 5 heteroatoms. The number of carboxylic acids is 1. The van der Waals surface area contributed by atoms with Crippen molar-refractivity contribution < 1.29 is 19.5 Å². The van der Waals surface area contributed by atoms with Crippen molar-refractivity contribution in [1.29, 1.82) is 0 Å². The SMILES string of the molecule is O=C(O)Cc1ccccc1CCN1C(=O)c2ccccc2C1=O. The van der Waals surface area contributed by atoms with Gasteiger partial charge in [-0.25, -0.2) is 0 Å². The lowest BCUT2D eigenvalue weighted by Gasteiger charge is -2.15. The first kappa shape index (κ1) is 15.0. The Bertz CT molecular complexity index is 762. The number of hydrogen-bond donors (Lipinski definition) is 1. The van der Waals surface area contributed by atoms with Crippen LogP contribution in [0.25, 0.3) is 0 Å². The summed E-state index contributed by atoms with van der Waals surface area (Å²) in [6, 6.07) is 13.9. The number of nitrogens with zero attached hydrogens (tertiary/aromatic N) is 1. The van der Waals surface area contributed by atoms with Crippen LogP contribution in [-0.4, -0.2) is 34.3 Å². The first-order valence-corrected chi connectivity index (χ1v) is 7.31. The molecule has 0 bridgehead atoms. The predicted molar refractivity (Wildman–Crippen MR) is 83.3 cm³/mol. The van der Waals surface area contributed by atoms with E-state index in [0.717, 1.165) is 5.56 Å². The monoisotopic (exact) mass is 309 g/mol. The number of aliphatic carboxylic acids is 1. The molecule has 0 fully saturated rings. The molecule has 0 saturated carbocycles. The molecule has 0 spiro atoms. The van der Waals surface area contributed by atoms with Gasteiger partial charge in [0, 0.05) is 6.54 Å². The summed E-state index contributed by atoms with van der Waals surface area (Å²) in [7, 11) is 0. The lowest BCUT2D eigenvalue weighted by atomic mass is 10.0. The van der Waals surface area contributed by atoms with Gasteiger partial charge in [0.15, 0.2) is 0 Å². The number of carboxylic acid groups (broad SMARTS) is 1. The minimum absolute atomic E-state index is 0.0711. The summed E-state index contributed by atoms with van der Waals surface area (Å²) in [4.78, 5) is 36.7. The molecule has 23 heavy (non-hydrogen) atoms. The summed E-state index contributed by atoms with van der Waals surface area (Å²) in [5.74, 6) is -1.49. The van der Waals surface area contributed by atoms with E-state index in [1.165, 1.54) is 4.90 Å². The van der Waals surface area contributed by atoms with Crippen LogP contribution in [0.3, 0.4) is 0 Å². The number of imide groups is 1. The second-order valence-corrected chi connectivity index (χ2v) is 5.40. The molecule has 2 aromatic rings. The standard InChI is InChI=1S/C18H15NO4/c20-16(21)11-13-6-2-1-5-12(13)9-10-19-17(22)14-7-3-4-8-15(14)18(19)23/h1-8H,9-11H2,(H,20,21). The Kier molecular flexibility index (Phi) is 3.93. The highest BCUT2D eigenvalue weighted by Gasteiger charge is 2.34. The summed E-state index contributed by atoms with van der Waals surface area (Å²) in [5, 5.41) is 8.95. The van der Waals surface area contributed by atoms with Gasteiger partial charge >= 0.3 is 5.97 Å². The quantitative estimate of drug-likeness (QED) is 0.859. The smallest absolute Gasteiger partial charge is 0.307 e. The summed E-state index contributed by atoms with van der Waals surface area (Å²) in [5.41, 5.74) is 2.40. The second-order valence-electron chi connectivity index (χ2n) is 5.40. The van der Waals surface area contributed by atoms with Gasteiger partial charge in [0.1, 0.15) is 0 Å². The molecule has 5 nitrogen and oxygen atoms in total. The second kappa shape index (κ2) is 6.04. The molecule has 2 amide bonds. The fourth-order valence-electron chi connectivity index (χ4n) is 2.81. The molecule has 3 rings (SSSR count). The third-order valence-electron chi connectivity index (χ3n) is 3.94. The molecule has 1 aliphatic rings. The Balaban J connectivity index is 1.77. The van der Waals surface area contributed by atoms with Crippen molar-refractivity contribution in [3.8, 4) is 0 Å². The average molecular weight is 309 g/mol. The fourth-order valence-corrected chi connectivity index (χ4v) is 2.81. The lowest BCUT2D eigenvalue weighted by molar-refractivity contribution is -0.136. The number of rotatable bonds is 5. The van der Waals surface area contributed by atoms with Crippen molar-refractivity contribution in [2.45, 2.75) is 12.8 Å². The van der Waals surface area contributed by atoms with Crippen molar-refractivity contribution in [2.24, 2.45) is 0 Å². The Hall–Kier alpha value is -2.95. The maximum Gasteiger partial charge on any atom is 0.307 e. The van der Waals surface area contributed by atoms with E-state index in [0.29, 0.717) is 23.1 Å². The molecule has 0 unspecified atom stereocenters. The van der Waals surface area contributed by atoms with E-state index < -0.39 is 5.97 Å². The first-order valence-electron chi connectivity index (χ1n) is 7.31. The van der Waals surface area contributed by atoms with Crippen molar-refractivity contribution in [3.05, 3.63) is 70.8 Å². The van der Waals surface area contributed by atoms with E-state index in [9.17, 15) is 14.4 Å². The third kappa shape index (κ3) is 2.85. The van der Waals surface area contributed by atoms with Crippen LogP contribution < -0.4 is 0 Å².